The Morgan fingerprint density at radius 2 is 1.43 bits per heavy atom. The molecule has 1 atom stereocenters. The molecule has 1 saturated carbocycles. The second-order valence-electron chi connectivity index (χ2n) is 7.29. The Morgan fingerprint density at radius 3 is 2.00 bits per heavy atom. The summed E-state index contributed by atoms with van der Waals surface area (Å²) in [5, 5.41) is 10.1. The summed E-state index contributed by atoms with van der Waals surface area (Å²) in [6.07, 6.45) is 6.07. The minimum atomic E-state index is -0.631. The fourth-order valence-corrected chi connectivity index (χ4v) is 3.53. The predicted molar refractivity (Wildman–Crippen MR) is 111 cm³/mol. The molecule has 1 amide bonds. The number of ketones is 1. The van der Waals surface area contributed by atoms with Crippen LogP contribution in [0.25, 0.3) is 0 Å². The van der Waals surface area contributed by atoms with Crippen molar-refractivity contribution in [1.82, 2.24) is 5.32 Å². The second-order valence-corrected chi connectivity index (χ2v) is 7.29. The largest absolute Gasteiger partial charge is 0.384 e. The Kier molecular flexibility index (Phi) is 6.24. The van der Waals surface area contributed by atoms with Crippen LogP contribution in [0.15, 0.2) is 48.5 Å². The molecule has 145 valence electrons. The molecule has 0 unspecified atom stereocenters. The van der Waals surface area contributed by atoms with Gasteiger partial charge in [0.1, 0.15) is 5.84 Å². The van der Waals surface area contributed by atoms with Crippen molar-refractivity contribution in [2.45, 2.75) is 45.1 Å². The van der Waals surface area contributed by atoms with Gasteiger partial charge in [-0.1, -0.05) is 55.7 Å². The number of carbonyl (C=O) groups is 2. The lowest BCUT2D eigenvalue weighted by Gasteiger charge is -2.21. The van der Waals surface area contributed by atoms with Crippen LogP contribution < -0.4 is 11.1 Å². The number of amides is 1. The average molecular weight is 376 g/mol. The summed E-state index contributed by atoms with van der Waals surface area (Å²) in [4.78, 5) is 25.1. The second kappa shape index (κ2) is 8.83. The summed E-state index contributed by atoms with van der Waals surface area (Å²) in [7, 11) is 0. The Bertz CT molecular complexity index is 850. The molecule has 0 aliphatic heterocycles. The number of rotatable bonds is 6. The number of nitrogen functional groups attached to an aromatic ring is 1. The standard InChI is InChI=1S/C23H26N3O2/c1-15(26-23(28)20-13-11-19(12-14-20)22(24)25)21(27)18-9-7-17(8-10-18)16-5-3-2-4-6-16/h7-15H,2-6H2,1H3,(H3,24,25)(H,26,28)/t15-/m0/s1. The van der Waals surface area contributed by atoms with Gasteiger partial charge in [0.05, 0.1) is 6.04 Å². The van der Waals surface area contributed by atoms with E-state index in [1.807, 2.05) is 24.3 Å². The van der Waals surface area contributed by atoms with Crippen molar-refractivity contribution in [2.75, 3.05) is 0 Å². The van der Waals surface area contributed by atoms with Gasteiger partial charge >= 0.3 is 0 Å². The van der Waals surface area contributed by atoms with Crippen molar-refractivity contribution < 1.29 is 9.59 Å². The van der Waals surface area contributed by atoms with Crippen molar-refractivity contribution in [3.05, 3.63) is 76.7 Å². The van der Waals surface area contributed by atoms with Crippen LogP contribution >= 0.6 is 0 Å². The van der Waals surface area contributed by atoms with E-state index in [0.717, 1.165) is 12.8 Å². The van der Waals surface area contributed by atoms with E-state index >= 15 is 0 Å². The Balaban J connectivity index is 1.61. The van der Waals surface area contributed by atoms with E-state index in [2.05, 4.69) is 5.32 Å². The molecule has 1 aliphatic rings. The molecule has 5 nitrogen and oxygen atoms in total. The normalized spacial score (nSPS) is 15.6. The van der Waals surface area contributed by atoms with Gasteiger partial charge in [-0.3, -0.25) is 15.0 Å². The minimum absolute atomic E-state index is 0.0506. The van der Waals surface area contributed by atoms with Gasteiger partial charge in [-0.15, -0.1) is 0 Å². The number of nitrogens with one attached hydrogen (secondary N) is 2. The average Bonchev–Trinajstić information content (AvgIpc) is 2.74. The van der Waals surface area contributed by atoms with Gasteiger partial charge in [0.15, 0.2) is 5.78 Å². The maximum absolute atomic E-state index is 12.7. The van der Waals surface area contributed by atoms with Gasteiger partial charge in [0, 0.05) is 22.6 Å². The fraction of sp³-hybridized carbons (Fsp3) is 0.304. The molecule has 0 heterocycles. The Labute approximate surface area is 165 Å². The van der Waals surface area contributed by atoms with Gasteiger partial charge < -0.3 is 11.1 Å². The number of carbonyl (C=O) groups excluding carboxylic acids is 2. The highest BCUT2D eigenvalue weighted by atomic mass is 16.2. The molecular weight excluding hydrogens is 350 g/mol. The molecule has 28 heavy (non-hydrogen) atoms. The van der Waals surface area contributed by atoms with Gasteiger partial charge in [0.25, 0.3) is 5.91 Å². The van der Waals surface area contributed by atoms with Gasteiger partial charge in [-0.25, -0.2) is 0 Å². The van der Waals surface area contributed by atoms with Crippen LogP contribution in [0, 0.1) is 11.3 Å². The molecule has 3 rings (SSSR count). The summed E-state index contributed by atoms with van der Waals surface area (Å²) >= 11 is 0. The van der Waals surface area contributed by atoms with E-state index in [-0.39, 0.29) is 17.5 Å². The van der Waals surface area contributed by atoms with E-state index in [0.29, 0.717) is 16.7 Å². The summed E-state index contributed by atoms with van der Waals surface area (Å²) in [5.74, 6) is 0.977. The summed E-state index contributed by atoms with van der Waals surface area (Å²) in [6, 6.07) is 13.5. The highest BCUT2D eigenvalue weighted by Crippen LogP contribution is 2.31. The number of hydrogen-bond donors (Lipinski definition) is 3. The smallest absolute Gasteiger partial charge is 0.251 e. The zero-order valence-electron chi connectivity index (χ0n) is 16.1. The number of hydrogen-bond acceptors (Lipinski definition) is 3. The van der Waals surface area contributed by atoms with Gasteiger partial charge in [-0.05, 0) is 37.5 Å². The molecule has 2 aromatic carbocycles. The molecular formula is C23H26N3O2. The van der Waals surface area contributed by atoms with Crippen molar-refractivity contribution in [3.63, 3.8) is 0 Å². The lowest BCUT2D eigenvalue weighted by molar-refractivity contribution is 0.0865. The van der Waals surface area contributed by atoms with Crippen LogP contribution in [0.2, 0.25) is 0 Å². The van der Waals surface area contributed by atoms with Crippen LogP contribution in [0.3, 0.4) is 0 Å². The number of benzene rings is 2. The van der Waals surface area contributed by atoms with Crippen molar-refractivity contribution in [2.24, 2.45) is 5.73 Å². The van der Waals surface area contributed by atoms with E-state index in [1.165, 1.54) is 30.7 Å². The Hall–Kier alpha value is -2.95. The van der Waals surface area contributed by atoms with E-state index in [1.54, 1.807) is 31.2 Å². The van der Waals surface area contributed by atoms with Crippen molar-refractivity contribution in [3.8, 4) is 0 Å². The van der Waals surface area contributed by atoms with E-state index < -0.39 is 6.04 Å². The zero-order valence-corrected chi connectivity index (χ0v) is 16.1. The quantitative estimate of drug-likeness (QED) is 0.406. The first-order valence-corrected chi connectivity index (χ1v) is 9.70. The molecule has 0 aromatic heterocycles. The lowest BCUT2D eigenvalue weighted by atomic mass is 9.84. The third kappa shape index (κ3) is 4.66. The highest BCUT2D eigenvalue weighted by molar-refractivity contribution is 6.04. The summed E-state index contributed by atoms with van der Waals surface area (Å²) in [5.41, 5.74) is 8.21. The SMILES string of the molecule is C[C@H](NC(=O)c1ccc(C(=N)N)cc1)C(=O)c1ccc([C]2CCCCC2)cc1. The summed E-state index contributed by atoms with van der Waals surface area (Å²) < 4.78 is 0. The zero-order chi connectivity index (χ0) is 20.1. The molecule has 5 heteroatoms. The predicted octanol–water partition coefficient (Wildman–Crippen LogP) is 3.86. The monoisotopic (exact) mass is 376 g/mol. The maximum atomic E-state index is 12.7. The van der Waals surface area contributed by atoms with Crippen LogP contribution in [0.4, 0.5) is 0 Å². The molecule has 0 saturated heterocycles. The summed E-state index contributed by atoms with van der Waals surface area (Å²) in [6.45, 7) is 1.69. The number of nitrogens with two attached hydrogens (primary N) is 1. The van der Waals surface area contributed by atoms with E-state index in [9.17, 15) is 9.59 Å². The molecule has 0 bridgehead atoms. The highest BCUT2D eigenvalue weighted by Gasteiger charge is 2.20. The van der Waals surface area contributed by atoms with Gasteiger partial charge in [-0.2, -0.15) is 0 Å². The van der Waals surface area contributed by atoms with E-state index in [4.69, 9.17) is 11.1 Å². The molecule has 4 N–H and O–H groups in total. The first-order valence-electron chi connectivity index (χ1n) is 9.70. The third-order valence-electron chi connectivity index (χ3n) is 5.23. The number of Topliss-reactive ketones (excluding diaryl/α,β-unsaturated/α-hetero) is 1. The van der Waals surface area contributed by atoms with Crippen molar-refractivity contribution >= 4 is 17.5 Å². The van der Waals surface area contributed by atoms with Crippen LogP contribution in [0.5, 0.6) is 0 Å². The fourth-order valence-electron chi connectivity index (χ4n) is 3.53. The van der Waals surface area contributed by atoms with Crippen LogP contribution in [-0.4, -0.2) is 23.6 Å². The minimum Gasteiger partial charge on any atom is -0.384 e. The lowest BCUT2D eigenvalue weighted by Crippen LogP contribution is -2.38. The molecule has 1 fully saturated rings. The first-order chi connectivity index (χ1) is 13.5. The molecule has 0 spiro atoms. The molecule has 1 aliphatic carbocycles. The molecule has 1 radical (unpaired) electrons. The topological polar surface area (TPSA) is 96.0 Å². The van der Waals surface area contributed by atoms with Crippen molar-refractivity contribution in [1.29, 1.82) is 5.41 Å². The third-order valence-corrected chi connectivity index (χ3v) is 5.23. The number of amidine groups is 1. The molecule has 2 aromatic rings. The van der Waals surface area contributed by atoms with Crippen LogP contribution in [-0.2, 0) is 0 Å². The maximum Gasteiger partial charge on any atom is 0.251 e. The van der Waals surface area contributed by atoms with Crippen LogP contribution in [0.1, 0.15) is 70.9 Å². The van der Waals surface area contributed by atoms with Gasteiger partial charge in [0.2, 0.25) is 0 Å². The Morgan fingerprint density at radius 1 is 0.893 bits per heavy atom. The first kappa shape index (κ1) is 19.8.